The van der Waals surface area contributed by atoms with E-state index in [9.17, 15) is 0 Å². The molecule has 1 heterocycles. The lowest BCUT2D eigenvalue weighted by Gasteiger charge is -2.11. The predicted octanol–water partition coefficient (Wildman–Crippen LogP) is 0.391. The van der Waals surface area contributed by atoms with Gasteiger partial charge in [-0.3, -0.25) is 0 Å². The number of methoxy groups -OCH3 is 1. The summed E-state index contributed by atoms with van der Waals surface area (Å²) in [5, 5.41) is 8.86. The number of hydrogen-bond donors (Lipinski definition) is 2. The Kier molecular flexibility index (Phi) is 3.22. The van der Waals surface area contributed by atoms with Gasteiger partial charge in [-0.2, -0.15) is 0 Å². The minimum atomic E-state index is -0.363. The van der Waals surface area contributed by atoms with Gasteiger partial charge < -0.3 is 15.6 Å². The number of ether oxygens (including phenoxy) is 1. The molecule has 0 aromatic carbocycles. The Labute approximate surface area is 77.4 Å². The molecule has 0 aliphatic carbocycles. The first-order valence-corrected chi connectivity index (χ1v) is 4.07. The molecule has 0 radical (unpaired) electrons. The third-order valence-electron chi connectivity index (χ3n) is 1.91. The SMILES string of the molecule is COc1ccc([C@H](N)CO)c(C)n1. The maximum absolute atomic E-state index is 8.86. The van der Waals surface area contributed by atoms with Crippen LogP contribution >= 0.6 is 0 Å². The zero-order valence-corrected chi connectivity index (χ0v) is 7.82. The molecular weight excluding hydrogens is 168 g/mol. The highest BCUT2D eigenvalue weighted by Crippen LogP contribution is 2.16. The van der Waals surface area contributed by atoms with Crippen molar-refractivity contribution in [1.82, 2.24) is 4.98 Å². The first-order valence-electron chi connectivity index (χ1n) is 4.07. The summed E-state index contributed by atoms with van der Waals surface area (Å²) in [4.78, 5) is 4.15. The second-order valence-electron chi connectivity index (χ2n) is 2.82. The Morgan fingerprint density at radius 3 is 2.77 bits per heavy atom. The summed E-state index contributed by atoms with van der Waals surface area (Å²) in [6, 6.07) is 3.19. The second-order valence-corrected chi connectivity index (χ2v) is 2.82. The second kappa shape index (κ2) is 4.20. The van der Waals surface area contributed by atoms with Gasteiger partial charge >= 0.3 is 0 Å². The summed E-state index contributed by atoms with van der Waals surface area (Å²) >= 11 is 0. The molecule has 1 atom stereocenters. The molecule has 0 amide bonds. The van der Waals surface area contributed by atoms with Gasteiger partial charge in [-0.1, -0.05) is 6.07 Å². The standard InChI is InChI=1S/C9H14N2O2/c1-6-7(8(10)5-12)3-4-9(11-6)13-2/h3-4,8,12H,5,10H2,1-2H3/t8-/m1/s1. The highest BCUT2D eigenvalue weighted by molar-refractivity contribution is 5.27. The van der Waals surface area contributed by atoms with Crippen LogP contribution < -0.4 is 10.5 Å². The molecule has 13 heavy (non-hydrogen) atoms. The predicted molar refractivity (Wildman–Crippen MR) is 49.5 cm³/mol. The Bertz CT molecular complexity index is 289. The molecule has 1 rings (SSSR count). The maximum Gasteiger partial charge on any atom is 0.213 e. The molecule has 72 valence electrons. The van der Waals surface area contributed by atoms with Crippen LogP contribution in [0.4, 0.5) is 0 Å². The van der Waals surface area contributed by atoms with Crippen molar-refractivity contribution in [1.29, 1.82) is 0 Å². The molecule has 0 saturated heterocycles. The number of nitrogens with two attached hydrogens (primary N) is 1. The largest absolute Gasteiger partial charge is 0.481 e. The summed E-state index contributed by atoms with van der Waals surface area (Å²) in [5.74, 6) is 0.561. The molecule has 0 spiro atoms. The van der Waals surface area contributed by atoms with Crippen LogP contribution in [0.3, 0.4) is 0 Å². The zero-order valence-electron chi connectivity index (χ0n) is 7.82. The summed E-state index contributed by atoms with van der Waals surface area (Å²) < 4.78 is 4.95. The van der Waals surface area contributed by atoms with Crippen LogP contribution in [-0.4, -0.2) is 23.8 Å². The number of aryl methyl sites for hydroxylation is 1. The third-order valence-corrected chi connectivity index (χ3v) is 1.91. The first-order chi connectivity index (χ1) is 6.19. The Morgan fingerprint density at radius 1 is 1.62 bits per heavy atom. The minimum absolute atomic E-state index is 0.0746. The molecular formula is C9H14N2O2. The quantitative estimate of drug-likeness (QED) is 0.709. The van der Waals surface area contributed by atoms with Gasteiger partial charge in [0.05, 0.1) is 19.8 Å². The molecule has 3 N–H and O–H groups in total. The summed E-state index contributed by atoms with van der Waals surface area (Å²) in [6.07, 6.45) is 0. The Morgan fingerprint density at radius 2 is 2.31 bits per heavy atom. The zero-order chi connectivity index (χ0) is 9.84. The number of hydrogen-bond acceptors (Lipinski definition) is 4. The van der Waals surface area contributed by atoms with Crippen molar-refractivity contribution < 1.29 is 9.84 Å². The van der Waals surface area contributed by atoms with Crippen molar-refractivity contribution in [2.45, 2.75) is 13.0 Å². The summed E-state index contributed by atoms with van der Waals surface area (Å²) in [5.41, 5.74) is 7.30. The summed E-state index contributed by atoms with van der Waals surface area (Å²) in [7, 11) is 1.56. The average molecular weight is 182 g/mol. The van der Waals surface area contributed by atoms with Gasteiger partial charge in [-0.15, -0.1) is 0 Å². The molecule has 0 aliphatic heterocycles. The smallest absolute Gasteiger partial charge is 0.213 e. The monoisotopic (exact) mass is 182 g/mol. The van der Waals surface area contributed by atoms with Crippen LogP contribution in [0.15, 0.2) is 12.1 Å². The molecule has 0 bridgehead atoms. The van der Waals surface area contributed by atoms with Gasteiger partial charge in [0.15, 0.2) is 0 Å². The molecule has 0 aliphatic rings. The van der Waals surface area contributed by atoms with Crippen LogP contribution in [-0.2, 0) is 0 Å². The molecule has 0 saturated carbocycles. The van der Waals surface area contributed by atoms with Crippen LogP contribution in [0.5, 0.6) is 5.88 Å². The lowest BCUT2D eigenvalue weighted by Crippen LogP contribution is -2.16. The van der Waals surface area contributed by atoms with E-state index in [1.54, 1.807) is 13.2 Å². The topological polar surface area (TPSA) is 68.4 Å². The Hall–Kier alpha value is -1.13. The number of aromatic nitrogens is 1. The van der Waals surface area contributed by atoms with Gasteiger partial charge in [-0.25, -0.2) is 4.98 Å². The molecule has 4 heteroatoms. The number of pyridine rings is 1. The van der Waals surface area contributed by atoms with E-state index in [0.29, 0.717) is 5.88 Å². The van der Waals surface area contributed by atoms with E-state index < -0.39 is 0 Å². The van der Waals surface area contributed by atoms with E-state index in [1.807, 2.05) is 13.0 Å². The van der Waals surface area contributed by atoms with Crippen LogP contribution in [0.2, 0.25) is 0 Å². The van der Waals surface area contributed by atoms with E-state index in [-0.39, 0.29) is 12.6 Å². The Balaban J connectivity index is 2.98. The highest BCUT2D eigenvalue weighted by atomic mass is 16.5. The number of nitrogens with zero attached hydrogens (tertiary/aromatic N) is 1. The number of aliphatic hydroxyl groups excluding tert-OH is 1. The van der Waals surface area contributed by atoms with E-state index >= 15 is 0 Å². The van der Waals surface area contributed by atoms with Crippen molar-refractivity contribution in [2.24, 2.45) is 5.73 Å². The first kappa shape index (κ1) is 9.95. The number of rotatable bonds is 3. The van der Waals surface area contributed by atoms with Gasteiger partial charge in [0.25, 0.3) is 0 Å². The van der Waals surface area contributed by atoms with Crippen LogP contribution in [0, 0.1) is 6.92 Å². The van der Waals surface area contributed by atoms with Crippen molar-refractivity contribution >= 4 is 0 Å². The van der Waals surface area contributed by atoms with Gasteiger partial charge in [0, 0.05) is 11.8 Å². The lowest BCUT2D eigenvalue weighted by molar-refractivity contribution is 0.267. The maximum atomic E-state index is 8.86. The van der Waals surface area contributed by atoms with Gasteiger partial charge in [0.1, 0.15) is 0 Å². The van der Waals surface area contributed by atoms with Crippen LogP contribution in [0.1, 0.15) is 17.3 Å². The lowest BCUT2D eigenvalue weighted by atomic mass is 10.1. The minimum Gasteiger partial charge on any atom is -0.481 e. The van der Waals surface area contributed by atoms with E-state index in [0.717, 1.165) is 11.3 Å². The van der Waals surface area contributed by atoms with Crippen molar-refractivity contribution in [3.05, 3.63) is 23.4 Å². The molecule has 0 unspecified atom stereocenters. The van der Waals surface area contributed by atoms with Crippen molar-refractivity contribution in [2.75, 3.05) is 13.7 Å². The summed E-state index contributed by atoms with van der Waals surface area (Å²) in [6.45, 7) is 1.77. The van der Waals surface area contributed by atoms with E-state index in [4.69, 9.17) is 15.6 Å². The molecule has 0 fully saturated rings. The van der Waals surface area contributed by atoms with Gasteiger partial charge in [-0.05, 0) is 12.5 Å². The van der Waals surface area contributed by atoms with Crippen molar-refractivity contribution in [3.8, 4) is 5.88 Å². The third kappa shape index (κ3) is 2.17. The molecule has 4 nitrogen and oxygen atoms in total. The van der Waals surface area contributed by atoms with Gasteiger partial charge in [0.2, 0.25) is 5.88 Å². The highest BCUT2D eigenvalue weighted by Gasteiger charge is 2.08. The number of aliphatic hydroxyl groups is 1. The normalized spacial score (nSPS) is 12.6. The molecule has 1 aromatic rings. The van der Waals surface area contributed by atoms with Crippen LogP contribution in [0.25, 0.3) is 0 Å². The fourth-order valence-electron chi connectivity index (χ4n) is 1.15. The fraction of sp³-hybridized carbons (Fsp3) is 0.444. The fourth-order valence-corrected chi connectivity index (χ4v) is 1.15. The average Bonchev–Trinajstić information content (AvgIpc) is 2.16. The van der Waals surface area contributed by atoms with E-state index in [1.165, 1.54) is 0 Å². The van der Waals surface area contributed by atoms with Crippen molar-refractivity contribution in [3.63, 3.8) is 0 Å². The molecule has 1 aromatic heterocycles. The van der Waals surface area contributed by atoms with E-state index in [2.05, 4.69) is 4.98 Å².